The van der Waals surface area contributed by atoms with Crippen LogP contribution in [0.15, 0.2) is 61.3 Å². The molecule has 12 nitrogen and oxygen atoms in total. The number of carboxylic acids is 1. The van der Waals surface area contributed by atoms with E-state index in [2.05, 4.69) is 19.9 Å². The second-order valence-corrected chi connectivity index (χ2v) is 6.82. The van der Waals surface area contributed by atoms with Gasteiger partial charge in [-0.05, 0) is 24.3 Å². The average molecular weight is 504 g/mol. The molecule has 0 amide bonds. The van der Waals surface area contributed by atoms with E-state index < -0.39 is 22.3 Å². The molecule has 0 aliphatic heterocycles. The van der Waals surface area contributed by atoms with Crippen molar-refractivity contribution in [2.45, 2.75) is 25.6 Å². The van der Waals surface area contributed by atoms with Crippen molar-refractivity contribution in [2.24, 2.45) is 0 Å². The summed E-state index contributed by atoms with van der Waals surface area (Å²) in [6, 6.07) is 10.5. The van der Waals surface area contributed by atoms with E-state index in [4.69, 9.17) is 22.3 Å². The maximum absolute atomic E-state index is 11.9. The standard InChI is InChI=1S/C18H19N5O2.ClHO4.O.V/c24-18(25)17(9-16-10-19-13-22-16)23(11-14-5-1-3-7-20-14)12-15-6-2-4-8-21-15;2-1(3,4)5;;/h1-8,10,13,17H,9,11-12H2,(H,19,22)(H,24,25);(H,2,3,4,5);;/p-1/t17-;;;/m0.../s1. The number of hydrogen-bond donors (Lipinski definition) is 2. The van der Waals surface area contributed by atoms with Crippen LogP contribution in [-0.2, 0) is 45.3 Å². The molecule has 0 unspecified atom stereocenters. The monoisotopic (exact) mass is 503 g/mol. The van der Waals surface area contributed by atoms with Crippen LogP contribution in [0.1, 0.15) is 17.1 Å². The molecule has 0 spiro atoms. The molecular formula is C18H19ClN5O7V-. The number of aliphatic carboxylic acids is 1. The van der Waals surface area contributed by atoms with Gasteiger partial charge in [0.2, 0.25) is 0 Å². The quantitative estimate of drug-likeness (QED) is 0.317. The van der Waals surface area contributed by atoms with Gasteiger partial charge < -0.3 is 10.1 Å². The zero-order valence-electron chi connectivity index (χ0n) is 16.5. The molecule has 0 aromatic carbocycles. The van der Waals surface area contributed by atoms with Crippen LogP contribution < -0.4 is 18.6 Å². The van der Waals surface area contributed by atoms with Crippen molar-refractivity contribution in [1.29, 1.82) is 0 Å². The Balaban J connectivity index is 0.000000646. The molecule has 0 saturated heterocycles. The predicted molar refractivity (Wildman–Crippen MR) is 92.1 cm³/mol. The number of H-pyrrole nitrogens is 1. The summed E-state index contributed by atoms with van der Waals surface area (Å²) in [6.45, 7) is 0.838. The Morgan fingerprint density at radius 1 is 1.03 bits per heavy atom. The summed E-state index contributed by atoms with van der Waals surface area (Å²) in [4.78, 5) is 29.4. The third-order valence-electron chi connectivity index (χ3n) is 3.88. The molecule has 2 N–H and O–H groups in total. The average Bonchev–Trinajstić information content (AvgIpc) is 3.27. The Bertz CT molecular complexity index is 854. The Labute approximate surface area is 194 Å². The van der Waals surface area contributed by atoms with E-state index in [9.17, 15) is 9.90 Å². The van der Waals surface area contributed by atoms with Crippen LogP contribution in [0, 0.1) is 10.2 Å². The Morgan fingerprint density at radius 3 is 1.88 bits per heavy atom. The SMILES string of the molecule is O=C(O)[C@H](Cc1cnc[nH]1)N(Cc1ccccn1)Cc1ccccn1.[O-][Cl+3]([O-])([O-])[O-].[O]=[V]. The van der Waals surface area contributed by atoms with E-state index in [1.54, 1.807) is 24.9 Å². The first-order chi connectivity index (χ1) is 15.2. The fourth-order valence-corrected chi connectivity index (χ4v) is 2.65. The van der Waals surface area contributed by atoms with Crippen LogP contribution >= 0.6 is 0 Å². The van der Waals surface area contributed by atoms with Crippen molar-refractivity contribution in [1.82, 2.24) is 24.8 Å². The molecule has 0 aliphatic rings. The summed E-state index contributed by atoms with van der Waals surface area (Å²) in [6.07, 6.45) is 6.94. The van der Waals surface area contributed by atoms with Gasteiger partial charge in [-0.25, -0.2) is 23.6 Å². The first-order valence-electron chi connectivity index (χ1n) is 8.76. The molecule has 3 aromatic rings. The Hall–Kier alpha value is -2.55. The van der Waals surface area contributed by atoms with E-state index in [1.165, 1.54) is 0 Å². The number of carboxylic acid groups (broad SMARTS) is 1. The summed E-state index contributed by atoms with van der Waals surface area (Å²) < 4.78 is 42.2. The molecule has 1 atom stereocenters. The molecule has 3 heterocycles. The number of aromatic amines is 1. The van der Waals surface area contributed by atoms with Crippen LogP contribution in [0.3, 0.4) is 0 Å². The first-order valence-corrected chi connectivity index (χ1v) is 10.6. The Morgan fingerprint density at radius 2 is 1.53 bits per heavy atom. The van der Waals surface area contributed by atoms with Gasteiger partial charge in [0.15, 0.2) is 0 Å². The molecule has 0 aliphatic carbocycles. The van der Waals surface area contributed by atoms with E-state index in [-0.39, 0.29) is 0 Å². The van der Waals surface area contributed by atoms with Gasteiger partial charge in [0.25, 0.3) is 0 Å². The Kier molecular flexibility index (Phi) is 12.5. The number of pyridine rings is 2. The fourth-order valence-electron chi connectivity index (χ4n) is 2.65. The van der Waals surface area contributed by atoms with E-state index in [0.29, 0.717) is 19.5 Å². The molecule has 0 fully saturated rings. The summed E-state index contributed by atoms with van der Waals surface area (Å²) in [5.41, 5.74) is 2.41. The maximum atomic E-state index is 11.9. The van der Waals surface area contributed by atoms with Crippen molar-refractivity contribution < 1.29 is 59.8 Å². The summed E-state index contributed by atoms with van der Waals surface area (Å²) in [5.74, 6) is -0.888. The van der Waals surface area contributed by atoms with Crippen molar-refractivity contribution in [3.05, 3.63) is 78.4 Å². The van der Waals surface area contributed by atoms with Gasteiger partial charge in [0.1, 0.15) is 6.04 Å². The molecule has 14 heteroatoms. The summed E-state index contributed by atoms with van der Waals surface area (Å²) in [5, 5.41) is 9.78. The van der Waals surface area contributed by atoms with Crippen LogP contribution in [0.5, 0.6) is 0 Å². The minimum atomic E-state index is -4.94. The number of aromatic nitrogens is 4. The third-order valence-corrected chi connectivity index (χ3v) is 3.88. The fraction of sp³-hybridized carbons (Fsp3) is 0.222. The van der Waals surface area contributed by atoms with Crippen LogP contribution in [-0.4, -0.2) is 42.0 Å². The van der Waals surface area contributed by atoms with Crippen LogP contribution in [0.25, 0.3) is 0 Å². The van der Waals surface area contributed by atoms with E-state index in [0.717, 1.165) is 34.5 Å². The van der Waals surface area contributed by atoms with Gasteiger partial charge in [0.05, 0.1) is 17.7 Å². The number of nitrogens with one attached hydrogen (secondary N) is 1. The third kappa shape index (κ3) is 11.7. The zero-order valence-corrected chi connectivity index (χ0v) is 18.6. The van der Waals surface area contributed by atoms with Gasteiger partial charge in [-0.3, -0.25) is 19.7 Å². The molecule has 3 aromatic heterocycles. The van der Waals surface area contributed by atoms with Crippen molar-refractivity contribution in [3.8, 4) is 0 Å². The van der Waals surface area contributed by atoms with Gasteiger partial charge in [-0.1, -0.05) is 12.1 Å². The number of halogens is 1. The molecule has 0 radical (unpaired) electrons. The van der Waals surface area contributed by atoms with Gasteiger partial charge >= 0.3 is 27.0 Å². The topological polar surface area (TPSA) is 204 Å². The number of hydrogen-bond acceptors (Lipinski definition) is 10. The molecule has 3 rings (SSSR count). The molecular weight excluding hydrogens is 485 g/mol. The predicted octanol–water partition coefficient (Wildman–Crippen LogP) is -2.98. The van der Waals surface area contributed by atoms with Gasteiger partial charge in [0, 0.05) is 43.8 Å². The van der Waals surface area contributed by atoms with Crippen molar-refractivity contribution >= 4 is 5.97 Å². The van der Waals surface area contributed by atoms with Gasteiger partial charge in [-0.2, -0.15) is 0 Å². The van der Waals surface area contributed by atoms with Gasteiger partial charge in [-0.15, -0.1) is 10.2 Å². The number of nitrogens with zero attached hydrogens (tertiary/aromatic N) is 4. The summed E-state index contributed by atoms with van der Waals surface area (Å²) in [7, 11) is -4.94. The number of imidazole rings is 1. The zero-order chi connectivity index (χ0) is 24.0. The first kappa shape index (κ1) is 27.5. The second kappa shape index (κ2) is 14.5. The normalized spacial score (nSPS) is 11.5. The van der Waals surface area contributed by atoms with Crippen LogP contribution in [0.4, 0.5) is 0 Å². The van der Waals surface area contributed by atoms with E-state index in [1.807, 2.05) is 41.3 Å². The van der Waals surface area contributed by atoms with E-state index >= 15 is 0 Å². The number of rotatable bonds is 8. The van der Waals surface area contributed by atoms with Crippen LogP contribution in [0.2, 0.25) is 0 Å². The number of carbonyl (C=O) groups is 1. The summed E-state index contributed by atoms with van der Waals surface area (Å²) >= 11 is 1.06. The molecule has 0 bridgehead atoms. The molecule has 171 valence electrons. The second-order valence-electron chi connectivity index (χ2n) is 6.06. The van der Waals surface area contributed by atoms with Crippen molar-refractivity contribution in [2.75, 3.05) is 0 Å². The molecule has 0 saturated carbocycles. The molecule has 32 heavy (non-hydrogen) atoms. The minimum absolute atomic E-state index is 0.328. The van der Waals surface area contributed by atoms with Crippen molar-refractivity contribution in [3.63, 3.8) is 0 Å².